The van der Waals surface area contributed by atoms with Crippen LogP contribution in [0.3, 0.4) is 0 Å². The Balaban J connectivity index is 1.96. The third kappa shape index (κ3) is 7.62. The Hall–Kier alpha value is -2.33. The Bertz CT molecular complexity index is 1200. The van der Waals surface area contributed by atoms with Crippen molar-refractivity contribution in [2.24, 2.45) is 0 Å². The maximum absolute atomic E-state index is 13.9. The van der Waals surface area contributed by atoms with E-state index < -0.39 is 28.7 Å². The molecule has 0 bridgehead atoms. The van der Waals surface area contributed by atoms with E-state index in [0.717, 1.165) is 40.7 Å². The van der Waals surface area contributed by atoms with Crippen LogP contribution in [0.15, 0.2) is 48.5 Å². The van der Waals surface area contributed by atoms with Crippen LogP contribution in [0.25, 0.3) is 0 Å². The molecule has 1 aliphatic carbocycles. The monoisotopic (exact) mass is 582 g/mol. The fourth-order valence-electron chi connectivity index (χ4n) is 4.61. The first kappa shape index (κ1) is 30.2. The fourth-order valence-corrected chi connectivity index (χ4v) is 5.99. The zero-order valence-electron chi connectivity index (χ0n) is 22.1. The van der Waals surface area contributed by atoms with Gasteiger partial charge in [-0.05, 0) is 49.1 Å². The maximum atomic E-state index is 13.9. The van der Waals surface area contributed by atoms with Crippen molar-refractivity contribution >= 4 is 50.9 Å². The second kappa shape index (κ2) is 13.6. The Morgan fingerprint density at radius 3 is 2.24 bits per heavy atom. The summed E-state index contributed by atoms with van der Waals surface area (Å²) >= 11 is 12.3. The molecule has 1 aliphatic rings. The molecular weight excluding hydrogens is 547 g/mol. The molecule has 1 N–H and O–H groups in total. The summed E-state index contributed by atoms with van der Waals surface area (Å²) in [5, 5.41) is 3.83. The number of hydrogen-bond acceptors (Lipinski definition) is 4. The van der Waals surface area contributed by atoms with E-state index in [1.807, 2.05) is 6.92 Å². The van der Waals surface area contributed by atoms with E-state index in [9.17, 15) is 18.0 Å². The van der Waals surface area contributed by atoms with Gasteiger partial charge in [0.1, 0.15) is 12.6 Å². The van der Waals surface area contributed by atoms with Crippen molar-refractivity contribution < 1.29 is 18.0 Å². The number of rotatable bonds is 11. The maximum Gasteiger partial charge on any atom is 0.304 e. The predicted octanol–water partition coefficient (Wildman–Crippen LogP) is 4.86. The minimum Gasteiger partial charge on any atom is -0.352 e. The third-order valence-corrected chi connectivity index (χ3v) is 9.30. The van der Waals surface area contributed by atoms with Crippen LogP contribution in [0.5, 0.6) is 0 Å². The summed E-state index contributed by atoms with van der Waals surface area (Å²) in [5.41, 5.74) is 1.03. The van der Waals surface area contributed by atoms with Crippen LogP contribution in [0, 0.1) is 0 Å². The van der Waals surface area contributed by atoms with Crippen LogP contribution in [0.2, 0.25) is 10.0 Å². The average molecular weight is 584 g/mol. The van der Waals surface area contributed by atoms with Crippen molar-refractivity contribution in [3.8, 4) is 0 Å². The molecule has 208 valence electrons. The van der Waals surface area contributed by atoms with Crippen molar-refractivity contribution in [2.75, 3.05) is 24.9 Å². The number of hydrogen-bond donors (Lipinski definition) is 1. The lowest BCUT2D eigenvalue weighted by Gasteiger charge is -2.35. The topological polar surface area (TPSA) is 90.0 Å². The Kier molecular flexibility index (Phi) is 10.8. The van der Waals surface area contributed by atoms with Gasteiger partial charge in [0, 0.05) is 26.7 Å². The number of halogens is 2. The lowest BCUT2D eigenvalue weighted by Crippen LogP contribution is -2.54. The van der Waals surface area contributed by atoms with Crippen LogP contribution < -0.4 is 9.62 Å². The molecule has 38 heavy (non-hydrogen) atoms. The van der Waals surface area contributed by atoms with Gasteiger partial charge in [0.05, 0.1) is 15.7 Å². The third-order valence-electron chi connectivity index (χ3n) is 6.74. The number of nitrogens with zero attached hydrogens (tertiary/aromatic N) is 3. The van der Waals surface area contributed by atoms with Gasteiger partial charge in [-0.25, -0.2) is 4.31 Å². The number of amides is 2. The molecule has 0 unspecified atom stereocenters. The van der Waals surface area contributed by atoms with Crippen LogP contribution >= 0.6 is 23.2 Å². The Morgan fingerprint density at radius 2 is 1.66 bits per heavy atom. The lowest BCUT2D eigenvalue weighted by atomic mass is 9.95. The normalized spacial score (nSPS) is 15.2. The minimum atomic E-state index is -4.00. The summed E-state index contributed by atoms with van der Waals surface area (Å²) in [7, 11) is -1.18. The lowest BCUT2D eigenvalue weighted by molar-refractivity contribution is -0.140. The number of carbonyl (C=O) groups excluding carboxylic acids is 2. The first-order valence-corrected chi connectivity index (χ1v) is 15.0. The molecule has 1 atom stereocenters. The van der Waals surface area contributed by atoms with Gasteiger partial charge in [0.2, 0.25) is 11.8 Å². The van der Waals surface area contributed by atoms with Crippen molar-refractivity contribution in [1.29, 1.82) is 0 Å². The van der Waals surface area contributed by atoms with Crippen LogP contribution in [0.1, 0.15) is 51.0 Å². The number of anilines is 1. The summed E-state index contributed by atoms with van der Waals surface area (Å²) < 4.78 is 28.6. The van der Waals surface area contributed by atoms with Crippen molar-refractivity contribution in [2.45, 2.75) is 64.1 Å². The van der Waals surface area contributed by atoms with E-state index in [1.54, 1.807) is 48.5 Å². The number of carbonyl (C=O) groups is 2. The molecule has 3 rings (SSSR count). The number of nitrogens with one attached hydrogen (secondary N) is 1. The Morgan fingerprint density at radius 1 is 1.00 bits per heavy atom. The Labute approximate surface area is 236 Å². The highest BCUT2D eigenvalue weighted by atomic mass is 35.5. The second-order valence-electron chi connectivity index (χ2n) is 9.67. The molecule has 1 fully saturated rings. The highest BCUT2D eigenvalue weighted by molar-refractivity contribution is 7.90. The average Bonchev–Trinajstić information content (AvgIpc) is 2.90. The van der Waals surface area contributed by atoms with Gasteiger partial charge >= 0.3 is 10.2 Å². The van der Waals surface area contributed by atoms with E-state index in [1.165, 1.54) is 19.0 Å². The zero-order valence-corrected chi connectivity index (χ0v) is 24.4. The zero-order chi connectivity index (χ0) is 27.9. The van der Waals surface area contributed by atoms with Crippen LogP contribution in [0.4, 0.5) is 5.69 Å². The van der Waals surface area contributed by atoms with Crippen LogP contribution in [-0.2, 0) is 26.3 Å². The summed E-state index contributed by atoms with van der Waals surface area (Å²) in [6, 6.07) is 12.8. The van der Waals surface area contributed by atoms with E-state index >= 15 is 0 Å². The molecule has 8 nitrogen and oxygen atoms in total. The molecule has 2 aromatic carbocycles. The number of para-hydroxylation sites is 1. The molecule has 2 aromatic rings. The number of benzene rings is 2. The first-order valence-electron chi connectivity index (χ1n) is 12.8. The molecule has 0 spiro atoms. The molecule has 0 radical (unpaired) electrons. The summed E-state index contributed by atoms with van der Waals surface area (Å²) in [5.74, 6) is -0.745. The molecule has 0 heterocycles. The van der Waals surface area contributed by atoms with Crippen molar-refractivity contribution in [3.63, 3.8) is 0 Å². The van der Waals surface area contributed by atoms with Gasteiger partial charge in [-0.1, -0.05) is 73.7 Å². The van der Waals surface area contributed by atoms with Crippen LogP contribution in [-0.4, -0.2) is 62.2 Å². The van der Waals surface area contributed by atoms with Gasteiger partial charge in [-0.15, -0.1) is 0 Å². The fraction of sp³-hybridized carbons (Fsp3) is 0.481. The SMILES string of the molecule is CC[C@H](C(=O)NC1CCCCC1)N(Cc1ccc(Cl)c(Cl)c1)C(=O)CN(c1ccccc1)S(=O)(=O)N(C)C. The van der Waals surface area contributed by atoms with Gasteiger partial charge in [0.15, 0.2) is 0 Å². The highest BCUT2D eigenvalue weighted by Gasteiger charge is 2.34. The molecule has 0 saturated heterocycles. The van der Waals surface area contributed by atoms with Crippen molar-refractivity contribution in [3.05, 3.63) is 64.1 Å². The van der Waals surface area contributed by atoms with E-state index in [2.05, 4.69) is 5.32 Å². The molecule has 11 heteroatoms. The first-order chi connectivity index (χ1) is 18.0. The van der Waals surface area contributed by atoms with E-state index in [4.69, 9.17) is 23.2 Å². The molecule has 2 amide bonds. The molecule has 1 saturated carbocycles. The standard InChI is InChI=1S/C27H36Cl2N4O4S/c1-4-25(27(35)30-21-11-7-5-8-12-21)32(18-20-15-16-23(28)24(29)17-20)26(34)19-33(38(36,37)31(2)3)22-13-9-6-10-14-22/h6,9-10,13-17,21,25H,4-5,7-8,11-12,18-19H2,1-3H3,(H,30,35)/t25-/m1/s1. The second-order valence-corrected chi connectivity index (χ2v) is 12.6. The van der Waals surface area contributed by atoms with Gasteiger partial charge in [-0.2, -0.15) is 12.7 Å². The van der Waals surface area contributed by atoms with Crippen molar-refractivity contribution in [1.82, 2.24) is 14.5 Å². The van der Waals surface area contributed by atoms with E-state index in [0.29, 0.717) is 27.7 Å². The quantitative estimate of drug-likeness (QED) is 0.409. The largest absolute Gasteiger partial charge is 0.352 e. The van der Waals surface area contributed by atoms with Gasteiger partial charge in [0.25, 0.3) is 0 Å². The van der Waals surface area contributed by atoms with E-state index in [-0.39, 0.29) is 18.5 Å². The molecule has 0 aromatic heterocycles. The summed E-state index contributed by atoms with van der Waals surface area (Å²) in [6.07, 6.45) is 5.44. The summed E-state index contributed by atoms with van der Waals surface area (Å²) in [6.45, 7) is 1.43. The molecular formula is C27H36Cl2N4O4S. The van der Waals surface area contributed by atoms with Gasteiger partial charge < -0.3 is 10.2 Å². The smallest absolute Gasteiger partial charge is 0.304 e. The molecule has 0 aliphatic heterocycles. The highest BCUT2D eigenvalue weighted by Crippen LogP contribution is 2.25. The van der Waals surface area contributed by atoms with Gasteiger partial charge in [-0.3, -0.25) is 9.59 Å². The predicted molar refractivity (Wildman–Crippen MR) is 153 cm³/mol. The minimum absolute atomic E-state index is 0.0664. The summed E-state index contributed by atoms with van der Waals surface area (Å²) in [4.78, 5) is 28.8.